The molecular weight excluding hydrogens is 339 g/mol. The highest BCUT2D eigenvalue weighted by Crippen LogP contribution is 2.15. The zero-order chi connectivity index (χ0) is 15.8. The van der Waals surface area contributed by atoms with Crippen LogP contribution in [0.5, 0.6) is 0 Å². The van der Waals surface area contributed by atoms with Gasteiger partial charge in [-0.05, 0) is 31.9 Å². The van der Waals surface area contributed by atoms with Crippen molar-refractivity contribution in [3.05, 3.63) is 23.3 Å². The molecule has 2 N–H and O–H groups in total. The largest absolute Gasteiger partial charge is 0.338 e. The molecule has 2 aromatic heterocycles. The number of aromatic nitrogens is 4. The van der Waals surface area contributed by atoms with Crippen molar-refractivity contribution in [3.63, 3.8) is 0 Å². The Morgan fingerprint density at radius 3 is 2.48 bits per heavy atom. The second-order valence-corrected chi connectivity index (χ2v) is 6.22. The number of rotatable bonds is 4. The molecule has 130 valence electrons. The summed E-state index contributed by atoms with van der Waals surface area (Å²) in [6.45, 7) is 8.88. The molecule has 0 atom stereocenters. The zero-order valence-electron chi connectivity index (χ0n) is 14.0. The van der Waals surface area contributed by atoms with E-state index in [-0.39, 0.29) is 42.0 Å². The highest BCUT2D eigenvalue weighted by Gasteiger charge is 2.24. The van der Waals surface area contributed by atoms with Gasteiger partial charge in [0.25, 0.3) is 11.7 Å². The molecule has 0 aromatic carbocycles. The number of hydrogen-bond acceptors (Lipinski definition) is 5. The van der Waals surface area contributed by atoms with Gasteiger partial charge in [-0.2, -0.15) is 4.98 Å². The molecule has 0 unspecified atom stereocenters. The molecular formula is C14H24Cl2N6O. The van der Waals surface area contributed by atoms with E-state index in [2.05, 4.69) is 15.1 Å². The first kappa shape index (κ1) is 21.6. The Morgan fingerprint density at radius 1 is 1.30 bits per heavy atom. The lowest BCUT2D eigenvalue weighted by atomic mass is 9.93. The summed E-state index contributed by atoms with van der Waals surface area (Å²) in [5, 5.41) is 4.25. The summed E-state index contributed by atoms with van der Waals surface area (Å²) < 4.78 is 1.59. The fraction of sp³-hybridized carbons (Fsp3) is 0.571. The third-order valence-electron chi connectivity index (χ3n) is 3.37. The summed E-state index contributed by atoms with van der Waals surface area (Å²) in [7, 11) is 1.73. The molecule has 0 spiro atoms. The van der Waals surface area contributed by atoms with E-state index >= 15 is 0 Å². The fourth-order valence-corrected chi connectivity index (χ4v) is 2.21. The van der Waals surface area contributed by atoms with Crippen molar-refractivity contribution >= 4 is 36.5 Å². The van der Waals surface area contributed by atoms with E-state index in [0.29, 0.717) is 18.9 Å². The van der Waals surface area contributed by atoms with Gasteiger partial charge in [-0.3, -0.25) is 4.79 Å². The summed E-state index contributed by atoms with van der Waals surface area (Å²) in [5.41, 5.74) is 7.31. The van der Waals surface area contributed by atoms with Gasteiger partial charge in [0, 0.05) is 25.0 Å². The highest BCUT2D eigenvalue weighted by atomic mass is 35.5. The lowest BCUT2D eigenvalue weighted by molar-refractivity contribution is 0.0728. The van der Waals surface area contributed by atoms with Crippen LogP contribution < -0.4 is 5.73 Å². The lowest BCUT2D eigenvalue weighted by Crippen LogP contribution is -2.40. The minimum atomic E-state index is -0.223. The number of fused-ring (bicyclic) bond motifs is 1. The summed E-state index contributed by atoms with van der Waals surface area (Å²) >= 11 is 0. The van der Waals surface area contributed by atoms with Gasteiger partial charge in [0.05, 0.1) is 0 Å². The third kappa shape index (κ3) is 4.76. The predicted octanol–water partition coefficient (Wildman–Crippen LogP) is 1.64. The molecule has 0 aliphatic heterocycles. The topological polar surface area (TPSA) is 89.4 Å². The monoisotopic (exact) mass is 362 g/mol. The number of amides is 1. The van der Waals surface area contributed by atoms with E-state index in [0.717, 1.165) is 11.4 Å². The molecule has 0 radical (unpaired) electrons. The molecule has 23 heavy (non-hydrogen) atoms. The number of carbonyl (C=O) groups is 1. The Kier molecular flexibility index (Phi) is 7.40. The van der Waals surface area contributed by atoms with E-state index in [4.69, 9.17) is 5.73 Å². The van der Waals surface area contributed by atoms with Gasteiger partial charge in [-0.25, -0.2) is 9.50 Å². The lowest BCUT2D eigenvalue weighted by Gasteiger charge is -2.28. The molecule has 0 bridgehead atoms. The van der Waals surface area contributed by atoms with Crippen LogP contribution in [-0.2, 0) is 0 Å². The molecule has 1 amide bonds. The average molecular weight is 363 g/mol. The normalized spacial score (nSPS) is 10.9. The Balaban J connectivity index is 0.00000242. The van der Waals surface area contributed by atoms with E-state index in [9.17, 15) is 4.79 Å². The number of carbonyl (C=O) groups excluding carboxylic acids is 1. The number of nitrogens with zero attached hydrogens (tertiary/aromatic N) is 5. The summed E-state index contributed by atoms with van der Waals surface area (Å²) in [6.07, 6.45) is 0. The molecule has 2 heterocycles. The number of halogens is 2. The van der Waals surface area contributed by atoms with Crippen LogP contribution in [0.3, 0.4) is 0 Å². The standard InChI is InChI=1S/C14H22N6O.2ClH/c1-9-6-10(2)20-13(16-9)17-11(18-20)12(21)19(5)8-14(3,4)7-15;;/h6H,7-8,15H2,1-5H3;2*1H. The van der Waals surface area contributed by atoms with Crippen molar-refractivity contribution in [1.82, 2.24) is 24.5 Å². The quantitative estimate of drug-likeness (QED) is 0.892. The summed E-state index contributed by atoms with van der Waals surface area (Å²) in [4.78, 5) is 22.5. The Morgan fingerprint density at radius 2 is 1.91 bits per heavy atom. The van der Waals surface area contributed by atoms with Crippen LogP contribution in [0.25, 0.3) is 5.78 Å². The van der Waals surface area contributed by atoms with Gasteiger partial charge in [0.2, 0.25) is 5.82 Å². The van der Waals surface area contributed by atoms with Gasteiger partial charge >= 0.3 is 0 Å². The smallest absolute Gasteiger partial charge is 0.293 e. The maximum atomic E-state index is 12.4. The number of hydrogen-bond donors (Lipinski definition) is 1. The number of aryl methyl sites for hydroxylation is 2. The molecule has 0 aliphatic carbocycles. The summed E-state index contributed by atoms with van der Waals surface area (Å²) in [5.74, 6) is 0.382. The third-order valence-corrected chi connectivity index (χ3v) is 3.37. The first-order valence-electron chi connectivity index (χ1n) is 6.90. The van der Waals surface area contributed by atoms with Crippen molar-refractivity contribution in [2.45, 2.75) is 27.7 Å². The van der Waals surface area contributed by atoms with Crippen LogP contribution in [0.1, 0.15) is 35.9 Å². The van der Waals surface area contributed by atoms with Crippen molar-refractivity contribution in [3.8, 4) is 0 Å². The minimum absolute atomic E-state index is 0. The van der Waals surface area contributed by atoms with Crippen LogP contribution in [0.4, 0.5) is 0 Å². The Hall–Kier alpha value is -1.44. The van der Waals surface area contributed by atoms with Gasteiger partial charge in [0.1, 0.15) is 0 Å². The van der Waals surface area contributed by atoms with Gasteiger partial charge < -0.3 is 10.6 Å². The van der Waals surface area contributed by atoms with Gasteiger partial charge in [-0.1, -0.05) is 13.8 Å². The second-order valence-electron chi connectivity index (χ2n) is 6.22. The summed E-state index contributed by atoms with van der Waals surface area (Å²) in [6, 6.07) is 1.90. The molecule has 9 heteroatoms. The van der Waals surface area contributed by atoms with Crippen molar-refractivity contribution in [2.24, 2.45) is 11.1 Å². The molecule has 7 nitrogen and oxygen atoms in total. The zero-order valence-corrected chi connectivity index (χ0v) is 15.7. The maximum Gasteiger partial charge on any atom is 0.293 e. The van der Waals surface area contributed by atoms with Crippen LogP contribution in [-0.4, -0.2) is 50.5 Å². The molecule has 2 aromatic rings. The molecule has 0 saturated carbocycles. The van der Waals surface area contributed by atoms with Gasteiger partial charge in [0.15, 0.2) is 0 Å². The first-order valence-corrected chi connectivity index (χ1v) is 6.90. The predicted molar refractivity (Wildman–Crippen MR) is 94.5 cm³/mol. The fourth-order valence-electron chi connectivity index (χ4n) is 2.21. The van der Waals surface area contributed by atoms with E-state index in [1.807, 2.05) is 33.8 Å². The SMILES string of the molecule is Cc1cc(C)n2nc(C(=O)N(C)CC(C)(C)CN)nc2n1.Cl.Cl. The molecule has 0 fully saturated rings. The van der Waals surface area contributed by atoms with Crippen LogP contribution in [0.15, 0.2) is 6.07 Å². The average Bonchev–Trinajstić information content (AvgIpc) is 2.81. The minimum Gasteiger partial charge on any atom is -0.338 e. The molecule has 2 rings (SSSR count). The van der Waals surface area contributed by atoms with E-state index < -0.39 is 0 Å². The molecule has 0 saturated heterocycles. The second kappa shape index (κ2) is 7.90. The van der Waals surface area contributed by atoms with Crippen molar-refractivity contribution < 1.29 is 4.79 Å². The first-order chi connectivity index (χ1) is 9.73. The van der Waals surface area contributed by atoms with E-state index in [1.165, 1.54) is 0 Å². The number of nitrogens with two attached hydrogens (primary N) is 1. The molecule has 0 aliphatic rings. The van der Waals surface area contributed by atoms with Crippen LogP contribution in [0.2, 0.25) is 0 Å². The Labute approximate surface area is 148 Å². The van der Waals surface area contributed by atoms with Crippen LogP contribution >= 0.6 is 24.8 Å². The van der Waals surface area contributed by atoms with Crippen LogP contribution in [0, 0.1) is 19.3 Å². The van der Waals surface area contributed by atoms with E-state index in [1.54, 1.807) is 16.5 Å². The Bertz CT molecular complexity index is 685. The van der Waals surface area contributed by atoms with Gasteiger partial charge in [-0.15, -0.1) is 29.9 Å². The van der Waals surface area contributed by atoms with Crippen molar-refractivity contribution in [2.75, 3.05) is 20.1 Å². The maximum absolute atomic E-state index is 12.4. The highest BCUT2D eigenvalue weighted by molar-refractivity contribution is 5.90. The van der Waals surface area contributed by atoms with Crippen molar-refractivity contribution in [1.29, 1.82) is 0 Å².